The average Bonchev–Trinajstić information content (AvgIpc) is 2.64. The van der Waals surface area contributed by atoms with Crippen molar-refractivity contribution < 1.29 is 9.59 Å². The number of carbonyl (C=O) groups is 2. The molecule has 2 amide bonds. The molecule has 0 aromatic rings. The number of nitrogens with one attached hydrogen (secondary N) is 2. The average molecular weight is 229 g/mol. The lowest BCUT2D eigenvalue weighted by molar-refractivity contribution is -0.133. The summed E-state index contributed by atoms with van der Waals surface area (Å²) in [4.78, 5) is 24.8. The minimum Gasteiger partial charge on any atom is -0.338 e. The first-order valence-electron chi connectivity index (χ1n) is 5.12. The maximum Gasteiger partial charge on any atom is 0.279 e. The van der Waals surface area contributed by atoms with E-state index in [2.05, 4.69) is 17.6 Å². The van der Waals surface area contributed by atoms with Crippen molar-refractivity contribution in [2.45, 2.75) is 19.0 Å². The number of rotatable bonds is 1. The first kappa shape index (κ1) is 10.8. The number of thioether (sulfide) groups is 1. The molecule has 5 nitrogen and oxygen atoms in total. The van der Waals surface area contributed by atoms with Crippen molar-refractivity contribution in [2.24, 2.45) is 0 Å². The van der Waals surface area contributed by atoms with Crippen LogP contribution >= 0.6 is 11.8 Å². The Kier molecular flexibility index (Phi) is 3.16. The highest BCUT2D eigenvalue weighted by atomic mass is 32.2. The van der Waals surface area contributed by atoms with Crippen LogP contribution in [0.15, 0.2) is 0 Å². The van der Waals surface area contributed by atoms with Gasteiger partial charge in [-0.25, -0.2) is 0 Å². The molecule has 0 aromatic heterocycles. The van der Waals surface area contributed by atoms with Gasteiger partial charge in [0.05, 0.1) is 0 Å². The highest BCUT2D eigenvalue weighted by molar-refractivity contribution is 8.14. The van der Waals surface area contributed by atoms with Crippen LogP contribution in [0.3, 0.4) is 0 Å². The Morgan fingerprint density at radius 2 is 2.40 bits per heavy atom. The quantitative estimate of drug-likeness (QED) is 0.644. The number of hydrogen-bond acceptors (Lipinski definition) is 4. The standard InChI is InChI=1S/C9H15N3O2S/c1-6-4-12(3-2-10-6)8(13)7-5-15-9(14)11-7/h6-7,10H,2-5H2,1H3,(H,11,14)/t6-,7?/m1/s1. The molecule has 0 aliphatic carbocycles. The second-order valence-corrected chi connectivity index (χ2v) is 4.93. The summed E-state index contributed by atoms with van der Waals surface area (Å²) in [6.45, 7) is 4.36. The van der Waals surface area contributed by atoms with E-state index < -0.39 is 0 Å². The Hall–Kier alpha value is -0.750. The van der Waals surface area contributed by atoms with E-state index in [1.807, 2.05) is 4.90 Å². The lowest BCUT2D eigenvalue weighted by Gasteiger charge is -2.33. The molecule has 2 heterocycles. The van der Waals surface area contributed by atoms with Crippen LogP contribution in [-0.2, 0) is 4.79 Å². The zero-order chi connectivity index (χ0) is 10.8. The summed E-state index contributed by atoms with van der Waals surface area (Å²) in [6, 6.07) is 0.0280. The normalized spacial score (nSPS) is 31.5. The van der Waals surface area contributed by atoms with Gasteiger partial charge < -0.3 is 15.5 Å². The van der Waals surface area contributed by atoms with Gasteiger partial charge in [0, 0.05) is 31.4 Å². The van der Waals surface area contributed by atoms with Crippen molar-refractivity contribution in [3.05, 3.63) is 0 Å². The van der Waals surface area contributed by atoms with Crippen LogP contribution in [0.2, 0.25) is 0 Å². The molecule has 84 valence electrons. The van der Waals surface area contributed by atoms with E-state index in [-0.39, 0.29) is 17.2 Å². The van der Waals surface area contributed by atoms with Gasteiger partial charge in [0.25, 0.3) is 5.24 Å². The molecule has 0 bridgehead atoms. The van der Waals surface area contributed by atoms with E-state index in [1.54, 1.807) is 0 Å². The fourth-order valence-electron chi connectivity index (χ4n) is 1.87. The smallest absolute Gasteiger partial charge is 0.279 e. The third-order valence-corrected chi connectivity index (χ3v) is 3.53. The zero-order valence-corrected chi connectivity index (χ0v) is 9.47. The molecule has 15 heavy (non-hydrogen) atoms. The number of hydrogen-bond donors (Lipinski definition) is 2. The molecule has 2 fully saturated rings. The number of nitrogens with zero attached hydrogens (tertiary/aromatic N) is 1. The van der Waals surface area contributed by atoms with Crippen molar-refractivity contribution in [1.29, 1.82) is 0 Å². The molecule has 0 radical (unpaired) electrons. The SMILES string of the molecule is C[C@@H]1CN(C(=O)C2CSC(=O)N2)CCN1. The van der Waals surface area contributed by atoms with Crippen molar-refractivity contribution in [3.8, 4) is 0 Å². The fourth-order valence-corrected chi connectivity index (χ4v) is 2.64. The molecular weight excluding hydrogens is 214 g/mol. The molecule has 6 heteroatoms. The van der Waals surface area contributed by atoms with Crippen LogP contribution in [0.4, 0.5) is 4.79 Å². The Bertz CT molecular complexity index is 285. The van der Waals surface area contributed by atoms with E-state index in [0.29, 0.717) is 11.8 Å². The molecular formula is C9H15N3O2S. The van der Waals surface area contributed by atoms with Crippen molar-refractivity contribution >= 4 is 22.9 Å². The number of piperazine rings is 1. The predicted octanol–water partition coefficient (Wildman–Crippen LogP) is -0.368. The molecule has 2 rings (SSSR count). The first-order valence-corrected chi connectivity index (χ1v) is 6.11. The molecule has 0 aromatic carbocycles. The fraction of sp³-hybridized carbons (Fsp3) is 0.778. The molecule has 2 aliphatic rings. The topological polar surface area (TPSA) is 61.4 Å². The third kappa shape index (κ3) is 2.43. The lowest BCUT2D eigenvalue weighted by atomic mass is 10.2. The Morgan fingerprint density at radius 3 is 3.00 bits per heavy atom. The van der Waals surface area contributed by atoms with Gasteiger partial charge in [0.1, 0.15) is 6.04 Å². The van der Waals surface area contributed by atoms with Crippen LogP contribution in [0.5, 0.6) is 0 Å². The van der Waals surface area contributed by atoms with Crippen LogP contribution < -0.4 is 10.6 Å². The van der Waals surface area contributed by atoms with Gasteiger partial charge in [0.15, 0.2) is 0 Å². The second kappa shape index (κ2) is 4.40. The van der Waals surface area contributed by atoms with Gasteiger partial charge in [0.2, 0.25) is 5.91 Å². The van der Waals surface area contributed by atoms with Gasteiger partial charge in [-0.3, -0.25) is 9.59 Å². The summed E-state index contributed by atoms with van der Waals surface area (Å²) in [5.41, 5.74) is 0. The van der Waals surface area contributed by atoms with Crippen LogP contribution in [0.1, 0.15) is 6.92 Å². The van der Waals surface area contributed by atoms with Crippen LogP contribution in [0.25, 0.3) is 0 Å². The molecule has 2 atom stereocenters. The monoisotopic (exact) mass is 229 g/mol. The zero-order valence-electron chi connectivity index (χ0n) is 8.66. The van der Waals surface area contributed by atoms with Crippen molar-refractivity contribution in [2.75, 3.05) is 25.4 Å². The Morgan fingerprint density at radius 1 is 1.60 bits per heavy atom. The van der Waals surface area contributed by atoms with E-state index in [4.69, 9.17) is 0 Å². The summed E-state index contributed by atoms with van der Waals surface area (Å²) < 4.78 is 0. The number of amides is 2. The van der Waals surface area contributed by atoms with Crippen LogP contribution in [-0.4, -0.2) is 53.5 Å². The minimum absolute atomic E-state index is 0.0571. The molecule has 2 N–H and O–H groups in total. The van der Waals surface area contributed by atoms with E-state index in [9.17, 15) is 9.59 Å². The summed E-state index contributed by atoms with van der Waals surface area (Å²) in [6.07, 6.45) is 0. The Balaban J connectivity index is 1.92. The first-order chi connectivity index (χ1) is 7.16. The molecule has 0 spiro atoms. The van der Waals surface area contributed by atoms with Gasteiger partial charge >= 0.3 is 0 Å². The lowest BCUT2D eigenvalue weighted by Crippen LogP contribution is -2.55. The van der Waals surface area contributed by atoms with Gasteiger partial charge in [-0.05, 0) is 6.92 Å². The summed E-state index contributed by atoms with van der Waals surface area (Å²) >= 11 is 1.19. The van der Waals surface area contributed by atoms with E-state index >= 15 is 0 Å². The Labute approximate surface area is 93.0 Å². The van der Waals surface area contributed by atoms with E-state index in [1.165, 1.54) is 11.8 Å². The van der Waals surface area contributed by atoms with Crippen LogP contribution in [0, 0.1) is 0 Å². The van der Waals surface area contributed by atoms with Crippen molar-refractivity contribution in [3.63, 3.8) is 0 Å². The maximum absolute atomic E-state index is 12.0. The molecule has 2 saturated heterocycles. The minimum atomic E-state index is -0.312. The van der Waals surface area contributed by atoms with Gasteiger partial charge in [-0.1, -0.05) is 11.8 Å². The molecule has 2 aliphatic heterocycles. The molecule has 1 unspecified atom stereocenters. The third-order valence-electron chi connectivity index (χ3n) is 2.65. The number of carbonyl (C=O) groups excluding carboxylic acids is 2. The van der Waals surface area contributed by atoms with Crippen molar-refractivity contribution in [1.82, 2.24) is 15.5 Å². The predicted molar refractivity (Wildman–Crippen MR) is 58.8 cm³/mol. The van der Waals surface area contributed by atoms with E-state index in [0.717, 1.165) is 19.6 Å². The summed E-state index contributed by atoms with van der Waals surface area (Å²) in [5.74, 6) is 0.623. The second-order valence-electron chi connectivity index (χ2n) is 3.93. The summed E-state index contributed by atoms with van der Waals surface area (Å²) in [5, 5.41) is 5.87. The van der Waals surface area contributed by atoms with Gasteiger partial charge in [-0.15, -0.1) is 0 Å². The summed E-state index contributed by atoms with van der Waals surface area (Å²) in [7, 11) is 0. The highest BCUT2D eigenvalue weighted by Gasteiger charge is 2.32. The highest BCUT2D eigenvalue weighted by Crippen LogP contribution is 2.15. The molecule has 0 saturated carbocycles. The van der Waals surface area contributed by atoms with Gasteiger partial charge in [-0.2, -0.15) is 0 Å². The maximum atomic E-state index is 12.0. The largest absolute Gasteiger partial charge is 0.338 e.